The largest absolute Gasteiger partial charge is 0.352 e. The van der Waals surface area contributed by atoms with Crippen molar-refractivity contribution >= 4 is 18.3 Å². The molecule has 2 saturated carbocycles. The van der Waals surface area contributed by atoms with Crippen molar-refractivity contribution in [1.82, 2.24) is 5.32 Å². The van der Waals surface area contributed by atoms with Crippen molar-refractivity contribution in [2.24, 2.45) is 17.6 Å². The summed E-state index contributed by atoms with van der Waals surface area (Å²) >= 11 is 0. The molecule has 0 saturated heterocycles. The van der Waals surface area contributed by atoms with Gasteiger partial charge >= 0.3 is 0 Å². The molecule has 0 radical (unpaired) electrons. The molecule has 0 aromatic rings. The van der Waals surface area contributed by atoms with E-state index in [1.54, 1.807) is 0 Å². The molecule has 3 nitrogen and oxygen atoms in total. The summed E-state index contributed by atoms with van der Waals surface area (Å²) in [4.78, 5) is 11.8. The third-order valence-electron chi connectivity index (χ3n) is 4.36. The van der Waals surface area contributed by atoms with Crippen LogP contribution in [-0.4, -0.2) is 18.0 Å². The van der Waals surface area contributed by atoms with E-state index in [0.29, 0.717) is 6.04 Å². The fourth-order valence-electron chi connectivity index (χ4n) is 3.20. The third-order valence-corrected chi connectivity index (χ3v) is 4.36. The van der Waals surface area contributed by atoms with Crippen LogP contribution in [-0.2, 0) is 4.79 Å². The van der Waals surface area contributed by atoms with Crippen LogP contribution in [0.3, 0.4) is 0 Å². The van der Waals surface area contributed by atoms with Crippen LogP contribution < -0.4 is 11.1 Å². The standard InChI is InChI=1S/C14H26N2O.ClH/c1-2-6-12(15)14(17)16-13-9-11(13)10-7-4-3-5-8-10;/h10-13H,2-9,15H2,1H3,(H,16,17);1H. The molecule has 3 unspecified atom stereocenters. The highest BCUT2D eigenvalue weighted by Crippen LogP contribution is 2.44. The van der Waals surface area contributed by atoms with Crippen LogP contribution in [0.2, 0.25) is 0 Å². The maximum Gasteiger partial charge on any atom is 0.237 e. The van der Waals surface area contributed by atoms with Crippen LogP contribution in [0.1, 0.15) is 58.3 Å². The maximum atomic E-state index is 11.8. The number of carbonyl (C=O) groups excluding carboxylic acids is 1. The van der Waals surface area contributed by atoms with Crippen molar-refractivity contribution in [1.29, 1.82) is 0 Å². The first-order valence-corrected chi connectivity index (χ1v) is 7.28. The summed E-state index contributed by atoms with van der Waals surface area (Å²) in [6.45, 7) is 2.06. The number of rotatable bonds is 5. The second-order valence-electron chi connectivity index (χ2n) is 5.81. The summed E-state index contributed by atoms with van der Waals surface area (Å²) in [6.07, 6.45) is 9.89. The molecule has 0 heterocycles. The lowest BCUT2D eigenvalue weighted by Gasteiger charge is -2.22. The highest BCUT2D eigenvalue weighted by atomic mass is 35.5. The van der Waals surface area contributed by atoms with E-state index >= 15 is 0 Å². The number of nitrogens with two attached hydrogens (primary N) is 1. The Morgan fingerprint density at radius 2 is 2.00 bits per heavy atom. The highest BCUT2D eigenvalue weighted by Gasteiger charge is 2.44. The quantitative estimate of drug-likeness (QED) is 0.810. The van der Waals surface area contributed by atoms with Crippen molar-refractivity contribution in [2.45, 2.75) is 70.4 Å². The Labute approximate surface area is 117 Å². The zero-order chi connectivity index (χ0) is 12.3. The number of carbonyl (C=O) groups is 1. The van der Waals surface area contributed by atoms with Gasteiger partial charge in [0.15, 0.2) is 0 Å². The van der Waals surface area contributed by atoms with Gasteiger partial charge in [0.05, 0.1) is 6.04 Å². The Morgan fingerprint density at radius 3 is 2.61 bits per heavy atom. The average molecular weight is 275 g/mol. The molecule has 3 N–H and O–H groups in total. The zero-order valence-electron chi connectivity index (χ0n) is 11.4. The topological polar surface area (TPSA) is 55.1 Å². The summed E-state index contributed by atoms with van der Waals surface area (Å²) in [7, 11) is 0. The maximum absolute atomic E-state index is 11.8. The van der Waals surface area contributed by atoms with Crippen LogP contribution in [0.4, 0.5) is 0 Å². The third kappa shape index (κ3) is 4.13. The molecule has 0 bridgehead atoms. The van der Waals surface area contributed by atoms with Gasteiger partial charge in [-0.2, -0.15) is 0 Å². The molecule has 2 aliphatic rings. The SMILES string of the molecule is CCCC(N)C(=O)NC1CC1C1CCCCC1.Cl. The summed E-state index contributed by atoms with van der Waals surface area (Å²) in [5, 5.41) is 3.12. The predicted octanol–water partition coefficient (Wildman–Crippen LogP) is 2.62. The summed E-state index contributed by atoms with van der Waals surface area (Å²) in [5.74, 6) is 1.69. The minimum atomic E-state index is -0.299. The molecular weight excluding hydrogens is 248 g/mol. The van der Waals surface area contributed by atoms with E-state index in [1.807, 2.05) is 0 Å². The minimum absolute atomic E-state index is 0. The normalized spacial score (nSPS) is 29.2. The molecule has 0 aromatic heterocycles. The first-order valence-electron chi connectivity index (χ1n) is 7.28. The van der Waals surface area contributed by atoms with E-state index in [9.17, 15) is 4.79 Å². The predicted molar refractivity (Wildman–Crippen MR) is 76.7 cm³/mol. The van der Waals surface area contributed by atoms with Crippen molar-refractivity contribution in [3.63, 3.8) is 0 Å². The lowest BCUT2D eigenvalue weighted by atomic mass is 9.85. The fraction of sp³-hybridized carbons (Fsp3) is 0.929. The molecule has 18 heavy (non-hydrogen) atoms. The van der Waals surface area contributed by atoms with Gasteiger partial charge < -0.3 is 11.1 Å². The molecule has 2 aliphatic carbocycles. The Kier molecular flexibility index (Phi) is 6.44. The molecule has 4 heteroatoms. The van der Waals surface area contributed by atoms with E-state index in [2.05, 4.69) is 12.2 Å². The molecule has 0 spiro atoms. The molecule has 106 valence electrons. The van der Waals surface area contributed by atoms with Gasteiger partial charge in [-0.3, -0.25) is 4.79 Å². The number of halogens is 1. The lowest BCUT2D eigenvalue weighted by molar-refractivity contribution is -0.122. The van der Waals surface area contributed by atoms with Crippen molar-refractivity contribution in [3.05, 3.63) is 0 Å². The first-order chi connectivity index (χ1) is 8.22. The van der Waals surface area contributed by atoms with E-state index in [1.165, 1.54) is 38.5 Å². The van der Waals surface area contributed by atoms with Crippen LogP contribution >= 0.6 is 12.4 Å². The Balaban J connectivity index is 0.00000162. The summed E-state index contributed by atoms with van der Waals surface area (Å²) < 4.78 is 0. The van der Waals surface area contributed by atoms with Gasteiger partial charge in [-0.15, -0.1) is 12.4 Å². The Hall–Kier alpha value is -0.280. The van der Waals surface area contributed by atoms with Gasteiger partial charge in [0.2, 0.25) is 5.91 Å². The monoisotopic (exact) mass is 274 g/mol. The summed E-state index contributed by atoms with van der Waals surface area (Å²) in [5.41, 5.74) is 5.82. The lowest BCUT2D eigenvalue weighted by Crippen LogP contribution is -2.42. The average Bonchev–Trinajstić information content (AvgIpc) is 3.10. The molecule has 3 atom stereocenters. The molecule has 2 fully saturated rings. The number of amides is 1. The summed E-state index contributed by atoms with van der Waals surface area (Å²) in [6, 6.07) is 0.140. The molecular formula is C14H27ClN2O. The molecule has 0 aromatic carbocycles. The second-order valence-corrected chi connectivity index (χ2v) is 5.81. The molecule has 0 aliphatic heterocycles. The van der Waals surface area contributed by atoms with Crippen molar-refractivity contribution in [2.75, 3.05) is 0 Å². The van der Waals surface area contributed by atoms with E-state index in [4.69, 9.17) is 5.73 Å². The van der Waals surface area contributed by atoms with Crippen LogP contribution in [0.5, 0.6) is 0 Å². The van der Waals surface area contributed by atoms with Gasteiger partial charge in [0.25, 0.3) is 0 Å². The van der Waals surface area contributed by atoms with E-state index < -0.39 is 0 Å². The highest BCUT2D eigenvalue weighted by molar-refractivity contribution is 5.85. The van der Waals surface area contributed by atoms with Crippen LogP contribution in [0, 0.1) is 11.8 Å². The van der Waals surface area contributed by atoms with Crippen molar-refractivity contribution < 1.29 is 4.79 Å². The number of nitrogens with one attached hydrogen (secondary N) is 1. The Bertz CT molecular complexity index is 267. The van der Waals surface area contributed by atoms with Crippen LogP contribution in [0.15, 0.2) is 0 Å². The second kappa shape index (κ2) is 7.34. The molecule has 2 rings (SSSR count). The number of hydrogen-bond acceptors (Lipinski definition) is 2. The van der Waals surface area contributed by atoms with Gasteiger partial charge in [0.1, 0.15) is 0 Å². The minimum Gasteiger partial charge on any atom is -0.352 e. The number of hydrogen-bond donors (Lipinski definition) is 2. The van der Waals surface area contributed by atoms with Crippen LogP contribution in [0.25, 0.3) is 0 Å². The van der Waals surface area contributed by atoms with E-state index in [-0.39, 0.29) is 24.4 Å². The van der Waals surface area contributed by atoms with Gasteiger partial charge in [-0.05, 0) is 24.7 Å². The van der Waals surface area contributed by atoms with Gasteiger partial charge in [-0.25, -0.2) is 0 Å². The van der Waals surface area contributed by atoms with Gasteiger partial charge in [-0.1, -0.05) is 45.4 Å². The smallest absolute Gasteiger partial charge is 0.237 e. The van der Waals surface area contributed by atoms with E-state index in [0.717, 1.165) is 24.7 Å². The van der Waals surface area contributed by atoms with Gasteiger partial charge in [0, 0.05) is 6.04 Å². The Morgan fingerprint density at radius 1 is 1.33 bits per heavy atom. The molecule has 1 amide bonds. The first kappa shape index (κ1) is 15.8. The fourth-order valence-corrected chi connectivity index (χ4v) is 3.20. The van der Waals surface area contributed by atoms with Crippen molar-refractivity contribution in [3.8, 4) is 0 Å². The zero-order valence-corrected chi connectivity index (χ0v) is 12.2.